The lowest BCUT2D eigenvalue weighted by Gasteiger charge is -2.26. The van der Waals surface area contributed by atoms with Gasteiger partial charge in [0, 0.05) is 6.20 Å². The van der Waals surface area contributed by atoms with Gasteiger partial charge in [0.2, 0.25) is 0 Å². The summed E-state index contributed by atoms with van der Waals surface area (Å²) in [6, 6.07) is 0. The fraction of sp³-hybridized carbons (Fsp3) is 0.250. The molecule has 0 atom stereocenters. The third-order valence-electron chi connectivity index (χ3n) is 0.904. The largest absolute Gasteiger partial charge is 0.339 e. The lowest BCUT2D eigenvalue weighted by Crippen LogP contribution is -2.65. The first-order valence-electron chi connectivity index (χ1n) is 2.44. The van der Waals surface area contributed by atoms with Crippen molar-refractivity contribution in [3.05, 3.63) is 12.3 Å². The van der Waals surface area contributed by atoms with Crippen molar-refractivity contribution in [1.82, 2.24) is 10.6 Å². The fourth-order valence-electron chi connectivity index (χ4n) is 0.530. The van der Waals surface area contributed by atoms with Crippen LogP contribution in [0, 0.1) is 0 Å². The minimum absolute atomic E-state index is 0.447. The molecule has 0 radical (unpaired) electrons. The molecule has 9 heavy (non-hydrogen) atoms. The van der Waals surface area contributed by atoms with Crippen LogP contribution in [0.5, 0.6) is 0 Å². The third kappa shape index (κ3) is 1.63. The van der Waals surface area contributed by atoms with Gasteiger partial charge < -0.3 is 10.6 Å². The summed E-state index contributed by atoms with van der Waals surface area (Å²) in [5.74, 6) is -0.984. The Morgan fingerprint density at radius 2 is 2.22 bits per heavy atom. The smallest absolute Gasteiger partial charge is 0.173 e. The molecule has 5 heteroatoms. The van der Waals surface area contributed by atoms with Crippen molar-refractivity contribution < 1.29 is 0 Å². The molecule has 0 aromatic rings. The highest BCUT2D eigenvalue weighted by Gasteiger charge is 2.17. The van der Waals surface area contributed by atoms with E-state index in [1.54, 1.807) is 12.3 Å². The monoisotopic (exact) mass is 144 g/mol. The van der Waals surface area contributed by atoms with E-state index < -0.39 is 5.79 Å². The van der Waals surface area contributed by atoms with Gasteiger partial charge in [-0.2, -0.15) is 0 Å². The van der Waals surface area contributed by atoms with Crippen molar-refractivity contribution in [2.75, 3.05) is 0 Å². The summed E-state index contributed by atoms with van der Waals surface area (Å²) in [6.07, 6.45) is 3.20. The van der Waals surface area contributed by atoms with Crippen LogP contribution in [-0.4, -0.2) is 10.9 Å². The average molecular weight is 144 g/mol. The van der Waals surface area contributed by atoms with E-state index in [9.17, 15) is 0 Å². The van der Waals surface area contributed by atoms with Crippen LogP contribution in [0.15, 0.2) is 12.3 Å². The van der Waals surface area contributed by atoms with Crippen LogP contribution >= 0.6 is 12.2 Å². The normalized spacial score (nSPS) is 22.7. The molecule has 0 unspecified atom stereocenters. The molecular weight excluding hydrogens is 136 g/mol. The van der Waals surface area contributed by atoms with Gasteiger partial charge >= 0.3 is 0 Å². The zero-order valence-electron chi connectivity index (χ0n) is 4.72. The number of hydrogen-bond donors (Lipinski definition) is 4. The second-order valence-corrected chi connectivity index (χ2v) is 2.27. The Morgan fingerprint density at radius 3 is 2.56 bits per heavy atom. The Bertz CT molecular complexity index is 162. The SMILES string of the molecule is NC1(N)C=CNC(=S)N1. The predicted molar refractivity (Wildman–Crippen MR) is 39.1 cm³/mol. The molecule has 6 N–H and O–H groups in total. The standard InChI is InChI=1S/C4H8N4S/c5-4(6)1-2-7-3(9)8-4/h1-2H,5-6H2,(H2,7,8,9). The number of rotatable bonds is 0. The van der Waals surface area contributed by atoms with Gasteiger partial charge in [0.15, 0.2) is 10.9 Å². The van der Waals surface area contributed by atoms with E-state index >= 15 is 0 Å². The van der Waals surface area contributed by atoms with Gasteiger partial charge in [0.05, 0.1) is 0 Å². The van der Waals surface area contributed by atoms with E-state index in [1.807, 2.05) is 0 Å². The van der Waals surface area contributed by atoms with E-state index in [4.69, 9.17) is 23.7 Å². The zero-order valence-corrected chi connectivity index (χ0v) is 5.53. The molecule has 1 aliphatic heterocycles. The lowest BCUT2D eigenvalue weighted by molar-refractivity contribution is 0.502. The van der Waals surface area contributed by atoms with Crippen LogP contribution in [-0.2, 0) is 0 Å². The fourth-order valence-corrected chi connectivity index (χ4v) is 0.774. The van der Waals surface area contributed by atoms with Gasteiger partial charge in [0.25, 0.3) is 0 Å². The molecule has 1 heterocycles. The van der Waals surface area contributed by atoms with Gasteiger partial charge in [-0.15, -0.1) is 0 Å². The third-order valence-corrected chi connectivity index (χ3v) is 1.12. The number of hydrogen-bond acceptors (Lipinski definition) is 3. The van der Waals surface area contributed by atoms with E-state index in [1.165, 1.54) is 0 Å². The van der Waals surface area contributed by atoms with Crippen molar-refractivity contribution in [3.8, 4) is 0 Å². The first-order valence-corrected chi connectivity index (χ1v) is 2.85. The van der Waals surface area contributed by atoms with Crippen LogP contribution < -0.4 is 22.1 Å². The number of nitrogens with one attached hydrogen (secondary N) is 2. The van der Waals surface area contributed by atoms with Crippen LogP contribution in [0.1, 0.15) is 0 Å². The molecule has 0 fully saturated rings. The highest BCUT2D eigenvalue weighted by atomic mass is 32.1. The summed E-state index contributed by atoms with van der Waals surface area (Å²) in [5, 5.41) is 5.81. The molecule has 4 nitrogen and oxygen atoms in total. The Hall–Kier alpha value is -0.650. The highest BCUT2D eigenvalue weighted by Crippen LogP contribution is 1.91. The summed E-state index contributed by atoms with van der Waals surface area (Å²) in [6.45, 7) is 0. The van der Waals surface area contributed by atoms with E-state index in [2.05, 4.69) is 10.6 Å². The van der Waals surface area contributed by atoms with Crippen molar-refractivity contribution in [2.45, 2.75) is 5.79 Å². The molecule has 0 amide bonds. The molecule has 50 valence electrons. The second-order valence-electron chi connectivity index (χ2n) is 1.86. The van der Waals surface area contributed by atoms with Gasteiger partial charge in [0.1, 0.15) is 0 Å². The molecule has 0 aromatic heterocycles. The Morgan fingerprint density at radius 1 is 1.56 bits per heavy atom. The Kier molecular flexibility index (Phi) is 1.40. The molecular formula is C4H8N4S. The number of nitrogens with two attached hydrogens (primary N) is 2. The molecule has 0 bridgehead atoms. The maximum absolute atomic E-state index is 5.42. The molecule has 0 aromatic carbocycles. The predicted octanol–water partition coefficient (Wildman–Crippen LogP) is -1.45. The van der Waals surface area contributed by atoms with Gasteiger partial charge in [-0.1, -0.05) is 0 Å². The van der Waals surface area contributed by atoms with Crippen molar-refractivity contribution in [3.63, 3.8) is 0 Å². The first kappa shape index (κ1) is 6.47. The summed E-state index contributed by atoms with van der Waals surface area (Å²) >= 11 is 4.72. The molecule has 1 rings (SSSR count). The second kappa shape index (κ2) is 1.94. The van der Waals surface area contributed by atoms with Gasteiger partial charge in [-0.25, -0.2) is 0 Å². The zero-order chi connectivity index (χ0) is 6.91. The minimum Gasteiger partial charge on any atom is -0.339 e. The Balaban J connectivity index is 2.71. The average Bonchev–Trinajstić information content (AvgIpc) is 1.60. The van der Waals surface area contributed by atoms with E-state index in [0.717, 1.165) is 0 Å². The lowest BCUT2D eigenvalue weighted by atomic mass is 10.3. The van der Waals surface area contributed by atoms with Crippen LogP contribution in [0.2, 0.25) is 0 Å². The first-order chi connectivity index (χ1) is 4.10. The maximum Gasteiger partial charge on any atom is 0.173 e. The van der Waals surface area contributed by atoms with Crippen LogP contribution in [0.25, 0.3) is 0 Å². The molecule has 1 aliphatic rings. The van der Waals surface area contributed by atoms with E-state index in [-0.39, 0.29) is 0 Å². The van der Waals surface area contributed by atoms with Crippen molar-refractivity contribution in [1.29, 1.82) is 0 Å². The van der Waals surface area contributed by atoms with Crippen molar-refractivity contribution in [2.24, 2.45) is 11.5 Å². The topological polar surface area (TPSA) is 76.1 Å². The van der Waals surface area contributed by atoms with E-state index in [0.29, 0.717) is 5.11 Å². The van der Waals surface area contributed by atoms with Gasteiger partial charge in [-0.05, 0) is 18.3 Å². The Labute approximate surface area is 58.3 Å². The molecule has 0 spiro atoms. The quantitative estimate of drug-likeness (QED) is 0.247. The summed E-state index contributed by atoms with van der Waals surface area (Å²) < 4.78 is 0. The number of thiocarbonyl (C=S) groups is 1. The van der Waals surface area contributed by atoms with Gasteiger partial charge in [-0.3, -0.25) is 11.5 Å². The molecule has 0 saturated heterocycles. The van der Waals surface area contributed by atoms with Crippen molar-refractivity contribution >= 4 is 17.3 Å². The highest BCUT2D eigenvalue weighted by molar-refractivity contribution is 7.80. The molecule has 0 aliphatic carbocycles. The maximum atomic E-state index is 5.42. The molecule has 0 saturated carbocycles. The van der Waals surface area contributed by atoms with Crippen LogP contribution in [0.3, 0.4) is 0 Å². The summed E-state index contributed by atoms with van der Waals surface area (Å²) in [5.41, 5.74) is 10.8. The van der Waals surface area contributed by atoms with Crippen LogP contribution in [0.4, 0.5) is 0 Å². The summed E-state index contributed by atoms with van der Waals surface area (Å²) in [4.78, 5) is 0. The minimum atomic E-state index is -0.984. The summed E-state index contributed by atoms with van der Waals surface area (Å²) in [7, 11) is 0.